The van der Waals surface area contributed by atoms with Crippen molar-refractivity contribution in [1.82, 2.24) is 4.98 Å². The fourth-order valence-corrected chi connectivity index (χ4v) is 2.09. The highest BCUT2D eigenvalue weighted by Gasteiger charge is 2.18. The quantitative estimate of drug-likeness (QED) is 0.719. The molecule has 0 aliphatic heterocycles. The largest absolute Gasteiger partial charge is 0.328 e. The Morgan fingerprint density at radius 1 is 1.19 bits per heavy atom. The van der Waals surface area contributed by atoms with Crippen LogP contribution in [-0.2, 0) is 5.41 Å². The Morgan fingerprint density at radius 2 is 1.88 bits per heavy atom. The van der Waals surface area contributed by atoms with Gasteiger partial charge in [-0.05, 0) is 34.9 Å². The van der Waals surface area contributed by atoms with Crippen LogP contribution in [0.25, 0.3) is 10.8 Å². The van der Waals surface area contributed by atoms with Gasteiger partial charge in [-0.3, -0.25) is 4.79 Å². The van der Waals surface area contributed by atoms with E-state index in [0.29, 0.717) is 0 Å². The highest BCUT2D eigenvalue weighted by atomic mass is 16.1. The average molecular weight is 215 g/mol. The standard InChI is InChI=1S/C14H17NO/c1-9-6-5-7-10-12(9)11(14(2,3)4)8-15-13(10)16/h5-8H,1-4H3,(H,15,16). The van der Waals surface area contributed by atoms with Gasteiger partial charge in [0.1, 0.15) is 0 Å². The van der Waals surface area contributed by atoms with Crippen molar-refractivity contribution in [2.45, 2.75) is 33.1 Å². The lowest BCUT2D eigenvalue weighted by Crippen LogP contribution is -2.17. The predicted molar refractivity (Wildman–Crippen MR) is 68.0 cm³/mol. The van der Waals surface area contributed by atoms with Crippen LogP contribution in [0, 0.1) is 6.92 Å². The van der Waals surface area contributed by atoms with E-state index in [9.17, 15) is 4.79 Å². The number of H-pyrrole nitrogens is 1. The minimum atomic E-state index is -0.00769. The van der Waals surface area contributed by atoms with Crippen molar-refractivity contribution in [1.29, 1.82) is 0 Å². The van der Waals surface area contributed by atoms with Gasteiger partial charge in [0.05, 0.1) is 0 Å². The van der Waals surface area contributed by atoms with E-state index in [1.54, 1.807) is 0 Å². The number of hydrogen-bond donors (Lipinski definition) is 1. The van der Waals surface area contributed by atoms with Crippen LogP contribution in [0.4, 0.5) is 0 Å². The number of fused-ring (bicyclic) bond motifs is 1. The number of rotatable bonds is 0. The minimum Gasteiger partial charge on any atom is -0.328 e. The lowest BCUT2D eigenvalue weighted by molar-refractivity contribution is 0.593. The Bertz CT molecular complexity index is 588. The third kappa shape index (κ3) is 1.64. The Kier molecular flexibility index (Phi) is 2.38. The molecule has 0 bridgehead atoms. The second kappa shape index (κ2) is 3.48. The molecule has 2 rings (SSSR count). The molecule has 84 valence electrons. The first kappa shape index (κ1) is 10.9. The molecule has 0 unspecified atom stereocenters. The number of aryl methyl sites for hydroxylation is 1. The van der Waals surface area contributed by atoms with Crippen molar-refractivity contribution < 1.29 is 0 Å². The molecule has 0 radical (unpaired) electrons. The molecule has 0 saturated carbocycles. The summed E-state index contributed by atoms with van der Waals surface area (Å²) in [5.74, 6) is 0. The maximum absolute atomic E-state index is 11.8. The Morgan fingerprint density at radius 3 is 2.50 bits per heavy atom. The molecular formula is C14H17NO. The van der Waals surface area contributed by atoms with Gasteiger partial charge >= 0.3 is 0 Å². The van der Waals surface area contributed by atoms with Crippen LogP contribution in [0.1, 0.15) is 31.9 Å². The predicted octanol–water partition coefficient (Wildman–Crippen LogP) is 3.13. The fourth-order valence-electron chi connectivity index (χ4n) is 2.09. The van der Waals surface area contributed by atoms with Crippen LogP contribution in [0.3, 0.4) is 0 Å². The van der Waals surface area contributed by atoms with Gasteiger partial charge in [0.2, 0.25) is 0 Å². The SMILES string of the molecule is Cc1cccc2c(=O)[nH]cc(C(C)(C)C)c12. The number of hydrogen-bond acceptors (Lipinski definition) is 1. The van der Waals surface area contributed by atoms with Crippen molar-refractivity contribution in [3.63, 3.8) is 0 Å². The van der Waals surface area contributed by atoms with Crippen molar-refractivity contribution in [3.05, 3.63) is 45.9 Å². The number of aromatic amines is 1. The summed E-state index contributed by atoms with van der Waals surface area (Å²) in [7, 11) is 0. The maximum atomic E-state index is 11.8. The van der Waals surface area contributed by atoms with Crippen molar-refractivity contribution in [2.75, 3.05) is 0 Å². The highest BCUT2D eigenvalue weighted by molar-refractivity contribution is 5.88. The summed E-state index contributed by atoms with van der Waals surface area (Å²) >= 11 is 0. The molecule has 0 fully saturated rings. The lowest BCUT2D eigenvalue weighted by atomic mass is 9.84. The molecule has 2 heteroatoms. The van der Waals surface area contributed by atoms with Gasteiger partial charge in [-0.25, -0.2) is 0 Å². The van der Waals surface area contributed by atoms with E-state index in [4.69, 9.17) is 0 Å². The van der Waals surface area contributed by atoms with E-state index in [1.807, 2.05) is 18.3 Å². The zero-order valence-electron chi connectivity index (χ0n) is 10.2. The molecule has 1 aromatic carbocycles. The van der Waals surface area contributed by atoms with E-state index in [2.05, 4.69) is 38.7 Å². The average Bonchev–Trinajstić information content (AvgIpc) is 2.18. The summed E-state index contributed by atoms with van der Waals surface area (Å²) in [4.78, 5) is 14.6. The van der Waals surface area contributed by atoms with E-state index in [1.165, 1.54) is 5.56 Å². The first-order valence-electron chi connectivity index (χ1n) is 5.53. The number of nitrogens with one attached hydrogen (secondary N) is 1. The zero-order chi connectivity index (χ0) is 11.9. The topological polar surface area (TPSA) is 32.9 Å². The second-order valence-corrected chi connectivity index (χ2v) is 5.28. The molecule has 16 heavy (non-hydrogen) atoms. The van der Waals surface area contributed by atoms with Gasteiger partial charge < -0.3 is 4.98 Å². The number of aromatic nitrogens is 1. The van der Waals surface area contributed by atoms with E-state index in [0.717, 1.165) is 16.3 Å². The molecule has 0 saturated heterocycles. The zero-order valence-corrected chi connectivity index (χ0v) is 10.2. The summed E-state index contributed by atoms with van der Waals surface area (Å²) in [6.45, 7) is 8.53. The van der Waals surface area contributed by atoms with E-state index in [-0.39, 0.29) is 11.0 Å². The molecule has 0 atom stereocenters. The molecule has 0 amide bonds. The van der Waals surface area contributed by atoms with Crippen LogP contribution < -0.4 is 5.56 Å². The molecule has 0 aliphatic rings. The lowest BCUT2D eigenvalue weighted by Gasteiger charge is -2.21. The van der Waals surface area contributed by atoms with Crippen molar-refractivity contribution >= 4 is 10.8 Å². The van der Waals surface area contributed by atoms with Gasteiger partial charge in [-0.15, -0.1) is 0 Å². The summed E-state index contributed by atoms with van der Waals surface area (Å²) < 4.78 is 0. The van der Waals surface area contributed by atoms with Gasteiger partial charge in [0.15, 0.2) is 0 Å². The first-order valence-corrected chi connectivity index (χ1v) is 5.53. The number of pyridine rings is 1. The molecule has 1 heterocycles. The Labute approximate surface area is 95.3 Å². The normalized spacial score (nSPS) is 12.0. The summed E-state index contributed by atoms with van der Waals surface area (Å²) in [6, 6.07) is 5.87. The summed E-state index contributed by atoms with van der Waals surface area (Å²) in [6.07, 6.45) is 1.84. The Hall–Kier alpha value is -1.57. The van der Waals surface area contributed by atoms with Crippen LogP contribution in [0.5, 0.6) is 0 Å². The molecule has 2 aromatic rings. The molecule has 2 nitrogen and oxygen atoms in total. The van der Waals surface area contributed by atoms with Crippen LogP contribution in [-0.4, -0.2) is 4.98 Å². The van der Waals surface area contributed by atoms with Gasteiger partial charge in [-0.2, -0.15) is 0 Å². The van der Waals surface area contributed by atoms with E-state index < -0.39 is 0 Å². The van der Waals surface area contributed by atoms with Gasteiger partial charge in [0.25, 0.3) is 5.56 Å². The molecule has 1 N–H and O–H groups in total. The second-order valence-electron chi connectivity index (χ2n) is 5.28. The van der Waals surface area contributed by atoms with Gasteiger partial charge in [0, 0.05) is 11.6 Å². The summed E-state index contributed by atoms with van der Waals surface area (Å²) in [5.41, 5.74) is 2.38. The number of benzene rings is 1. The monoisotopic (exact) mass is 215 g/mol. The van der Waals surface area contributed by atoms with E-state index >= 15 is 0 Å². The molecular weight excluding hydrogens is 198 g/mol. The first-order chi connectivity index (χ1) is 7.41. The highest BCUT2D eigenvalue weighted by Crippen LogP contribution is 2.29. The fraction of sp³-hybridized carbons (Fsp3) is 0.357. The maximum Gasteiger partial charge on any atom is 0.255 e. The third-order valence-corrected chi connectivity index (χ3v) is 2.94. The van der Waals surface area contributed by atoms with Crippen LogP contribution >= 0.6 is 0 Å². The van der Waals surface area contributed by atoms with Crippen LogP contribution in [0.2, 0.25) is 0 Å². The molecule has 1 aromatic heterocycles. The van der Waals surface area contributed by atoms with Crippen molar-refractivity contribution in [2.24, 2.45) is 0 Å². The van der Waals surface area contributed by atoms with Crippen LogP contribution in [0.15, 0.2) is 29.2 Å². The molecule has 0 spiro atoms. The Balaban J connectivity index is 2.98. The summed E-state index contributed by atoms with van der Waals surface area (Å²) in [5, 5.41) is 1.88. The van der Waals surface area contributed by atoms with Crippen molar-refractivity contribution in [3.8, 4) is 0 Å². The molecule has 0 aliphatic carbocycles. The minimum absolute atomic E-state index is 0.00769. The smallest absolute Gasteiger partial charge is 0.255 e. The third-order valence-electron chi connectivity index (χ3n) is 2.94. The van der Waals surface area contributed by atoms with Gasteiger partial charge in [-0.1, -0.05) is 32.9 Å².